The first-order chi connectivity index (χ1) is 6.49. The lowest BCUT2D eigenvalue weighted by Crippen LogP contribution is -2.17. The summed E-state index contributed by atoms with van der Waals surface area (Å²) in [4.78, 5) is 19.5. The van der Waals surface area contributed by atoms with Gasteiger partial charge in [-0.3, -0.25) is 0 Å². The quantitative estimate of drug-likeness (QED) is 0.594. The number of halogens is 2. The van der Waals surface area contributed by atoms with Gasteiger partial charge in [0.1, 0.15) is 12.5 Å². The zero-order valence-electron chi connectivity index (χ0n) is 6.57. The number of alkyl halides is 2. The Kier molecular flexibility index (Phi) is 2.85. The van der Waals surface area contributed by atoms with Crippen molar-refractivity contribution in [3.8, 4) is 0 Å². The lowest BCUT2D eigenvalue weighted by atomic mass is 10.7. The topological polar surface area (TPSA) is 78.9 Å². The predicted molar refractivity (Wildman–Crippen MR) is 34.6 cm³/mol. The maximum Gasteiger partial charge on any atom is 0.518 e. The Bertz CT molecular complexity index is 336. The first-order valence-electron chi connectivity index (χ1n) is 3.25. The Hall–Kier alpha value is -1.86. The molecular weight excluding hydrogens is 206 g/mol. The van der Waals surface area contributed by atoms with Crippen LogP contribution in [0.3, 0.4) is 0 Å². The summed E-state index contributed by atoms with van der Waals surface area (Å²) >= 11 is 0. The molecule has 1 aliphatic heterocycles. The van der Waals surface area contributed by atoms with Crippen molar-refractivity contribution < 1.29 is 31.9 Å². The van der Waals surface area contributed by atoms with Crippen LogP contribution in [0.2, 0.25) is 0 Å². The molecule has 0 aliphatic carbocycles. The van der Waals surface area contributed by atoms with E-state index in [4.69, 9.17) is 0 Å². The van der Waals surface area contributed by atoms with E-state index in [0.29, 0.717) is 0 Å². The highest BCUT2D eigenvalue weighted by Crippen LogP contribution is 2.22. The lowest BCUT2D eigenvalue weighted by Gasteiger charge is -1.98. The van der Waals surface area contributed by atoms with Gasteiger partial charge in [-0.15, -0.1) is 0 Å². The fourth-order valence-electron chi connectivity index (χ4n) is 0.518. The van der Waals surface area contributed by atoms with E-state index in [1.807, 2.05) is 0 Å². The number of carbonyl (C=O) groups excluding carboxylic acids is 1. The maximum absolute atomic E-state index is 11.6. The molecule has 1 aromatic rings. The highest BCUT2D eigenvalue weighted by atomic mass is 19.3. The molecule has 2 rings (SSSR count). The number of hydrogen-bond donors (Lipinski definition) is 0. The summed E-state index contributed by atoms with van der Waals surface area (Å²) in [7, 11) is 0. The first kappa shape index (κ1) is 10.2. The van der Waals surface area contributed by atoms with E-state index >= 15 is 0 Å². The van der Waals surface area contributed by atoms with Crippen molar-refractivity contribution in [1.29, 1.82) is 0 Å². The van der Waals surface area contributed by atoms with Crippen LogP contribution in [0.25, 0.3) is 0 Å². The Labute approximate surface area is 75.0 Å². The molecule has 0 bridgehead atoms. The smallest absolute Gasteiger partial charge is 0.423 e. The van der Waals surface area contributed by atoms with E-state index in [1.165, 1.54) is 12.5 Å². The first-order valence-corrected chi connectivity index (χ1v) is 3.25. The van der Waals surface area contributed by atoms with Gasteiger partial charge in [-0.25, -0.2) is 9.59 Å². The minimum atomic E-state index is -3.41. The molecule has 8 heteroatoms. The number of carbonyl (C=O) groups is 1. The van der Waals surface area contributed by atoms with Gasteiger partial charge < -0.3 is 18.3 Å². The molecule has 0 unspecified atom stereocenters. The molecule has 0 N–H and O–H groups in total. The zero-order chi connectivity index (χ0) is 10.6. The molecule has 0 amide bonds. The Morgan fingerprint density at radius 3 is 1.93 bits per heavy atom. The molecule has 1 fully saturated rings. The van der Waals surface area contributed by atoms with Crippen molar-refractivity contribution in [3.05, 3.63) is 23.1 Å². The largest absolute Gasteiger partial charge is 0.518 e. The fourth-order valence-corrected chi connectivity index (χ4v) is 0.518. The van der Waals surface area contributed by atoms with E-state index in [0.717, 1.165) is 0 Å². The molecule has 1 saturated heterocycles. The number of cyclic esters (lactones) is 2. The van der Waals surface area contributed by atoms with Crippen LogP contribution in [0.15, 0.2) is 26.2 Å². The minimum absolute atomic E-state index is 0.657. The zero-order valence-corrected chi connectivity index (χ0v) is 6.57. The molecule has 1 aliphatic rings. The SMILES string of the molecule is O=C1OCC(F)(F)O1.O=c1occo1. The van der Waals surface area contributed by atoms with Crippen molar-refractivity contribution in [2.75, 3.05) is 6.61 Å². The van der Waals surface area contributed by atoms with Crippen LogP contribution in [0, 0.1) is 0 Å². The second kappa shape index (κ2) is 3.90. The van der Waals surface area contributed by atoms with Gasteiger partial charge >= 0.3 is 18.1 Å². The van der Waals surface area contributed by atoms with E-state index in [-0.39, 0.29) is 0 Å². The van der Waals surface area contributed by atoms with Gasteiger partial charge in [-0.05, 0) is 0 Å². The molecule has 2 heterocycles. The van der Waals surface area contributed by atoms with Crippen molar-refractivity contribution in [2.24, 2.45) is 0 Å². The summed E-state index contributed by atoms with van der Waals surface area (Å²) in [6, 6.07) is 0. The Morgan fingerprint density at radius 2 is 1.79 bits per heavy atom. The molecular formula is C6H4F2O6. The van der Waals surface area contributed by atoms with Crippen LogP contribution >= 0.6 is 0 Å². The highest BCUT2D eigenvalue weighted by molar-refractivity contribution is 5.61. The summed E-state index contributed by atoms with van der Waals surface area (Å²) < 4.78 is 38.6. The maximum atomic E-state index is 11.6. The second-order valence-corrected chi connectivity index (χ2v) is 2.04. The van der Waals surface area contributed by atoms with Crippen molar-refractivity contribution in [2.45, 2.75) is 6.11 Å². The number of rotatable bonds is 0. The van der Waals surface area contributed by atoms with E-state index in [1.54, 1.807) is 0 Å². The molecule has 0 spiro atoms. The molecule has 0 aromatic carbocycles. The molecule has 0 radical (unpaired) electrons. The van der Waals surface area contributed by atoms with Crippen LogP contribution in [0.1, 0.15) is 0 Å². The number of ether oxygens (including phenoxy) is 2. The average molecular weight is 210 g/mol. The summed E-state index contributed by atoms with van der Waals surface area (Å²) in [5.74, 6) is -0.657. The van der Waals surface area contributed by atoms with Crippen molar-refractivity contribution in [1.82, 2.24) is 0 Å². The van der Waals surface area contributed by atoms with Gasteiger partial charge in [0.25, 0.3) is 0 Å². The van der Waals surface area contributed by atoms with E-state index in [2.05, 4.69) is 18.3 Å². The van der Waals surface area contributed by atoms with Gasteiger partial charge in [-0.2, -0.15) is 8.78 Å². The highest BCUT2D eigenvalue weighted by Gasteiger charge is 2.43. The second-order valence-electron chi connectivity index (χ2n) is 2.04. The molecule has 0 saturated carbocycles. The van der Waals surface area contributed by atoms with Gasteiger partial charge in [-0.1, -0.05) is 0 Å². The summed E-state index contributed by atoms with van der Waals surface area (Å²) in [6.07, 6.45) is -2.35. The summed E-state index contributed by atoms with van der Waals surface area (Å²) in [5.41, 5.74) is 0. The monoisotopic (exact) mass is 210 g/mol. The van der Waals surface area contributed by atoms with Gasteiger partial charge in [0.15, 0.2) is 6.61 Å². The van der Waals surface area contributed by atoms with Crippen LogP contribution in [-0.4, -0.2) is 18.9 Å². The summed E-state index contributed by atoms with van der Waals surface area (Å²) in [6.45, 7) is -0.966. The lowest BCUT2D eigenvalue weighted by molar-refractivity contribution is -0.170. The fraction of sp³-hybridized carbons (Fsp3) is 0.333. The molecule has 6 nitrogen and oxygen atoms in total. The Morgan fingerprint density at radius 1 is 1.21 bits per heavy atom. The van der Waals surface area contributed by atoms with Crippen molar-refractivity contribution >= 4 is 6.16 Å². The third kappa shape index (κ3) is 3.25. The van der Waals surface area contributed by atoms with Gasteiger partial charge in [0.05, 0.1) is 0 Å². The normalized spacial score (nSPS) is 17.7. The third-order valence-corrected chi connectivity index (χ3v) is 0.975. The predicted octanol–water partition coefficient (Wildman–Crippen LogP) is 0.979. The molecule has 1 aromatic heterocycles. The van der Waals surface area contributed by atoms with E-state index < -0.39 is 24.7 Å². The molecule has 78 valence electrons. The van der Waals surface area contributed by atoms with Crippen LogP contribution in [0.5, 0.6) is 0 Å². The summed E-state index contributed by atoms with van der Waals surface area (Å²) in [5, 5.41) is 0. The van der Waals surface area contributed by atoms with Gasteiger partial charge in [0, 0.05) is 0 Å². The molecule has 14 heavy (non-hydrogen) atoms. The van der Waals surface area contributed by atoms with Crippen LogP contribution < -0.4 is 5.82 Å². The van der Waals surface area contributed by atoms with Crippen LogP contribution in [0.4, 0.5) is 13.6 Å². The molecule has 0 atom stereocenters. The minimum Gasteiger partial charge on any atom is -0.423 e. The van der Waals surface area contributed by atoms with Gasteiger partial charge in [0.2, 0.25) is 0 Å². The average Bonchev–Trinajstić information content (AvgIpc) is 2.62. The Balaban J connectivity index is 0.000000146. The third-order valence-electron chi connectivity index (χ3n) is 0.975. The van der Waals surface area contributed by atoms with Crippen molar-refractivity contribution in [3.63, 3.8) is 0 Å². The standard InChI is InChI=1S/C3H2F2O3.C3H2O3/c4-3(5)1-7-2(6)8-3;4-3-5-1-2-6-3/h1H2;1-2H. The van der Waals surface area contributed by atoms with E-state index in [9.17, 15) is 18.4 Å². The van der Waals surface area contributed by atoms with Crippen LogP contribution in [-0.2, 0) is 9.47 Å². The number of hydrogen-bond acceptors (Lipinski definition) is 6.